The zero-order valence-electron chi connectivity index (χ0n) is 21.2. The number of rotatable bonds is 8. The maximum atomic E-state index is 12.3. The Morgan fingerprint density at radius 1 is 1.14 bits per heavy atom. The lowest BCUT2D eigenvalue weighted by molar-refractivity contribution is -0.128. The van der Waals surface area contributed by atoms with Crippen LogP contribution in [-0.4, -0.2) is 34.5 Å². The number of ether oxygens (including phenoxy) is 1. The number of pyridine rings is 1. The highest BCUT2D eigenvalue weighted by Gasteiger charge is 2.16. The quantitative estimate of drug-likeness (QED) is 0.359. The molecule has 1 atom stereocenters. The lowest BCUT2D eigenvalue weighted by Gasteiger charge is -2.16. The summed E-state index contributed by atoms with van der Waals surface area (Å²) in [5, 5.41) is 6.52. The number of nitrogens with zero attached hydrogens (tertiary/aromatic N) is 1. The molecule has 9 nitrogen and oxygen atoms in total. The van der Waals surface area contributed by atoms with E-state index in [1.54, 1.807) is 45.2 Å². The summed E-state index contributed by atoms with van der Waals surface area (Å²) in [6, 6.07) is 13.3. The van der Waals surface area contributed by atoms with Gasteiger partial charge in [0, 0.05) is 27.6 Å². The van der Waals surface area contributed by atoms with Gasteiger partial charge < -0.3 is 26.8 Å². The molecule has 3 amide bonds. The molecule has 0 aliphatic heterocycles. The Hall–Kier alpha value is -3.66. The molecule has 0 bridgehead atoms. The smallest absolute Gasteiger partial charge is 0.405 e. The molecule has 2 aromatic heterocycles. The molecule has 194 valence electrons. The second-order valence-electron chi connectivity index (χ2n) is 9.20. The van der Waals surface area contributed by atoms with Crippen molar-refractivity contribution in [2.75, 3.05) is 5.73 Å². The topological polar surface area (TPSA) is 149 Å². The number of aryl methyl sites for hydroxylation is 1. The first-order valence-corrected chi connectivity index (χ1v) is 12.5. The minimum Gasteiger partial charge on any atom is -0.444 e. The van der Waals surface area contributed by atoms with Crippen molar-refractivity contribution in [3.8, 4) is 0 Å². The lowest BCUT2D eigenvalue weighted by Crippen LogP contribution is -2.44. The number of benzene rings is 1. The molecule has 0 fully saturated rings. The number of aromatic nitrogens is 1. The Balaban J connectivity index is 0.000000493. The molecule has 6 N–H and O–H groups in total. The van der Waals surface area contributed by atoms with Gasteiger partial charge in [0.15, 0.2) is 0 Å². The van der Waals surface area contributed by atoms with Crippen LogP contribution in [0.4, 0.5) is 10.6 Å². The fourth-order valence-corrected chi connectivity index (χ4v) is 4.24. The van der Waals surface area contributed by atoms with Crippen molar-refractivity contribution in [1.29, 1.82) is 0 Å². The Morgan fingerprint density at radius 2 is 1.83 bits per heavy atom. The van der Waals surface area contributed by atoms with E-state index in [9.17, 15) is 14.4 Å². The number of hydrogen-bond donors (Lipinski definition) is 4. The van der Waals surface area contributed by atoms with E-state index in [4.69, 9.17) is 11.5 Å². The zero-order chi connectivity index (χ0) is 26.7. The molecule has 1 aromatic carbocycles. The predicted octanol–water partition coefficient (Wildman–Crippen LogP) is 3.90. The molecule has 0 saturated carbocycles. The third kappa shape index (κ3) is 10.3. The van der Waals surface area contributed by atoms with Crippen molar-refractivity contribution < 1.29 is 19.1 Å². The normalized spacial score (nSPS) is 11.7. The minimum atomic E-state index is -0.725. The van der Waals surface area contributed by atoms with Crippen molar-refractivity contribution in [2.24, 2.45) is 5.73 Å². The number of primary amides is 1. The number of thiophene rings is 1. The summed E-state index contributed by atoms with van der Waals surface area (Å²) in [5.41, 5.74) is 11.3. The summed E-state index contributed by atoms with van der Waals surface area (Å²) < 4.78 is 5.61. The first-order chi connectivity index (χ1) is 16.9. The van der Waals surface area contributed by atoms with Gasteiger partial charge in [-0.25, -0.2) is 9.78 Å². The largest absolute Gasteiger partial charge is 0.444 e. The van der Waals surface area contributed by atoms with Gasteiger partial charge in [0.25, 0.3) is 0 Å². The first-order valence-electron chi connectivity index (χ1n) is 11.7. The van der Waals surface area contributed by atoms with Crippen molar-refractivity contribution in [1.82, 2.24) is 15.6 Å². The number of nitrogens with one attached hydrogen (secondary N) is 2. The van der Waals surface area contributed by atoms with Crippen molar-refractivity contribution in [3.05, 3.63) is 59.1 Å². The standard InChI is InChI=1S/C21H24N4O2S.C5H11NO2/c1-14(25-19(26)9-5-8-15-6-3-2-4-7-15)21(27)24-13-16-12-17-18(28-16)10-11-23-20(17)22;1-5(2,3)8-4(6)7/h2-4,6-7,10-12,14H,5,8-9,13H2,1H3,(H2,22,23)(H,24,27)(H,25,26);1-3H3,(H2,6,7). The van der Waals surface area contributed by atoms with E-state index in [0.717, 1.165) is 27.8 Å². The van der Waals surface area contributed by atoms with Crippen LogP contribution in [-0.2, 0) is 27.3 Å². The van der Waals surface area contributed by atoms with Gasteiger partial charge in [-0.3, -0.25) is 9.59 Å². The van der Waals surface area contributed by atoms with Crippen LogP contribution in [0.25, 0.3) is 10.1 Å². The number of nitrogen functional groups attached to an aromatic ring is 1. The number of amides is 3. The summed E-state index contributed by atoms with van der Waals surface area (Å²) in [5.74, 6) is 0.168. The molecular weight excluding hydrogens is 478 g/mol. The number of hydrogen-bond acceptors (Lipinski definition) is 7. The fraction of sp³-hybridized carbons (Fsp3) is 0.385. The second-order valence-corrected chi connectivity index (χ2v) is 10.4. The molecule has 0 radical (unpaired) electrons. The highest BCUT2D eigenvalue weighted by Crippen LogP contribution is 2.28. The Morgan fingerprint density at radius 3 is 2.42 bits per heavy atom. The number of carbonyl (C=O) groups excluding carboxylic acids is 3. The van der Waals surface area contributed by atoms with Crippen LogP contribution >= 0.6 is 11.3 Å². The van der Waals surface area contributed by atoms with E-state index >= 15 is 0 Å². The summed E-state index contributed by atoms with van der Waals surface area (Å²) in [6.07, 6.45) is 2.94. The summed E-state index contributed by atoms with van der Waals surface area (Å²) in [4.78, 5) is 39.4. The zero-order valence-corrected chi connectivity index (χ0v) is 22.0. The van der Waals surface area contributed by atoms with Crippen molar-refractivity contribution in [3.63, 3.8) is 0 Å². The Labute approximate surface area is 215 Å². The van der Waals surface area contributed by atoms with E-state index in [1.807, 2.05) is 42.5 Å². The third-order valence-electron chi connectivity index (χ3n) is 4.85. The lowest BCUT2D eigenvalue weighted by atomic mass is 10.1. The molecule has 2 heterocycles. The van der Waals surface area contributed by atoms with Crippen LogP contribution in [0.2, 0.25) is 0 Å². The predicted molar refractivity (Wildman–Crippen MR) is 143 cm³/mol. The number of anilines is 1. The molecule has 0 spiro atoms. The van der Waals surface area contributed by atoms with E-state index in [2.05, 4.69) is 20.4 Å². The third-order valence-corrected chi connectivity index (χ3v) is 5.95. The molecule has 3 aromatic rings. The average Bonchev–Trinajstić information content (AvgIpc) is 3.21. The van der Waals surface area contributed by atoms with Crippen molar-refractivity contribution in [2.45, 2.75) is 65.1 Å². The summed E-state index contributed by atoms with van der Waals surface area (Å²) >= 11 is 1.57. The van der Waals surface area contributed by atoms with Gasteiger partial charge in [-0.2, -0.15) is 0 Å². The molecule has 36 heavy (non-hydrogen) atoms. The van der Waals surface area contributed by atoms with Gasteiger partial charge >= 0.3 is 6.09 Å². The van der Waals surface area contributed by atoms with Crippen LogP contribution in [0, 0.1) is 0 Å². The molecule has 10 heteroatoms. The maximum Gasteiger partial charge on any atom is 0.405 e. The monoisotopic (exact) mass is 513 g/mol. The SMILES string of the molecule is CC(C)(C)OC(N)=O.CC(NC(=O)CCCc1ccccc1)C(=O)NCc1cc2c(N)nccc2s1. The van der Waals surface area contributed by atoms with Gasteiger partial charge in [0.2, 0.25) is 11.8 Å². The maximum absolute atomic E-state index is 12.3. The number of carbonyl (C=O) groups is 3. The number of fused-ring (bicyclic) bond motifs is 1. The van der Waals surface area contributed by atoms with Gasteiger partial charge in [0.05, 0.1) is 6.54 Å². The summed E-state index contributed by atoms with van der Waals surface area (Å²) in [6.45, 7) is 7.37. The van der Waals surface area contributed by atoms with Gasteiger partial charge in [0.1, 0.15) is 17.5 Å². The van der Waals surface area contributed by atoms with Gasteiger partial charge in [-0.15, -0.1) is 11.3 Å². The van der Waals surface area contributed by atoms with Crippen LogP contribution in [0.15, 0.2) is 48.7 Å². The molecule has 3 rings (SSSR count). The van der Waals surface area contributed by atoms with Crippen molar-refractivity contribution >= 4 is 45.1 Å². The molecule has 1 unspecified atom stereocenters. The highest BCUT2D eigenvalue weighted by atomic mass is 32.1. The van der Waals surface area contributed by atoms with Crippen LogP contribution in [0.1, 0.15) is 51.0 Å². The number of nitrogens with two attached hydrogens (primary N) is 2. The summed E-state index contributed by atoms with van der Waals surface area (Å²) in [7, 11) is 0. The Kier molecular flexibility index (Phi) is 10.7. The van der Waals surface area contributed by atoms with E-state index in [-0.39, 0.29) is 11.8 Å². The first kappa shape index (κ1) is 28.6. The van der Waals surface area contributed by atoms with Crippen LogP contribution in [0.3, 0.4) is 0 Å². The van der Waals surface area contributed by atoms with Crippen LogP contribution in [0.5, 0.6) is 0 Å². The van der Waals surface area contributed by atoms with Gasteiger partial charge in [-0.1, -0.05) is 30.3 Å². The van der Waals surface area contributed by atoms with E-state index in [0.29, 0.717) is 18.8 Å². The molecule has 0 aliphatic rings. The molecule has 0 aliphatic carbocycles. The molecule has 0 saturated heterocycles. The van der Waals surface area contributed by atoms with E-state index < -0.39 is 17.7 Å². The Bertz CT molecular complexity index is 1160. The highest BCUT2D eigenvalue weighted by molar-refractivity contribution is 7.19. The van der Waals surface area contributed by atoms with Crippen LogP contribution < -0.4 is 22.1 Å². The van der Waals surface area contributed by atoms with E-state index in [1.165, 1.54) is 5.56 Å². The second kappa shape index (κ2) is 13.4. The minimum absolute atomic E-state index is 0.112. The average molecular weight is 514 g/mol. The van der Waals surface area contributed by atoms with Gasteiger partial charge in [-0.05, 0) is 58.2 Å². The molecular formula is C26H35N5O4S. The fourth-order valence-electron chi connectivity index (χ4n) is 3.23.